The second-order valence-corrected chi connectivity index (χ2v) is 10.6. The number of rotatable bonds is 8. The number of methoxy groups -OCH3 is 1. The number of aromatic carboxylic acids is 1. The van der Waals surface area contributed by atoms with E-state index in [1.165, 1.54) is 18.9 Å². The number of carboxylic acids is 1. The number of nitrogens with zero attached hydrogens (tertiary/aromatic N) is 3. The Morgan fingerprint density at radius 1 is 1.21 bits per heavy atom. The van der Waals surface area contributed by atoms with E-state index in [4.69, 9.17) is 16.3 Å². The molecule has 0 radical (unpaired) electrons. The summed E-state index contributed by atoms with van der Waals surface area (Å²) >= 11 is 6.74. The SMILES string of the molecule is COc1c(N2CCC(=C(Cl)CN(C)Cc3ccccc3)CC2)c(F)cc2c(=O)c(C(=O)O)cn(C3CC3)c12. The Bertz CT molecular complexity index is 1460. The minimum Gasteiger partial charge on any atom is -0.492 e. The van der Waals surface area contributed by atoms with Crippen molar-refractivity contribution in [3.05, 3.63) is 80.4 Å². The third-order valence-corrected chi connectivity index (χ3v) is 7.73. The van der Waals surface area contributed by atoms with Crippen LogP contribution in [0.3, 0.4) is 0 Å². The fourth-order valence-corrected chi connectivity index (χ4v) is 5.69. The van der Waals surface area contributed by atoms with Crippen LogP contribution >= 0.6 is 11.6 Å². The van der Waals surface area contributed by atoms with E-state index in [-0.39, 0.29) is 22.7 Å². The molecule has 2 fully saturated rings. The molecule has 0 bridgehead atoms. The highest BCUT2D eigenvalue weighted by molar-refractivity contribution is 6.30. The molecule has 1 saturated heterocycles. The molecule has 7 nitrogen and oxygen atoms in total. The van der Waals surface area contributed by atoms with Gasteiger partial charge in [0, 0.05) is 43.4 Å². The normalized spacial score (nSPS) is 15.8. The van der Waals surface area contributed by atoms with Gasteiger partial charge in [0.25, 0.3) is 0 Å². The fourth-order valence-electron chi connectivity index (χ4n) is 5.30. The molecule has 3 aromatic rings. The second kappa shape index (κ2) is 10.8. The molecule has 2 heterocycles. The van der Waals surface area contributed by atoms with Crippen LogP contribution in [0.15, 0.2) is 58.0 Å². The van der Waals surface area contributed by atoms with Gasteiger partial charge in [0.1, 0.15) is 11.3 Å². The van der Waals surface area contributed by atoms with Gasteiger partial charge in [0.2, 0.25) is 5.43 Å². The number of likely N-dealkylation sites (N-methyl/N-ethyl adjacent to an activating group) is 1. The molecule has 2 aromatic carbocycles. The molecule has 0 atom stereocenters. The predicted octanol–water partition coefficient (Wildman–Crippen LogP) is 5.41. The van der Waals surface area contributed by atoms with E-state index in [1.807, 2.05) is 30.1 Å². The molecule has 2 aliphatic rings. The maximum absolute atomic E-state index is 15.6. The van der Waals surface area contributed by atoms with Gasteiger partial charge in [0.05, 0.1) is 18.0 Å². The lowest BCUT2D eigenvalue weighted by molar-refractivity contribution is 0.0694. The average Bonchev–Trinajstić information content (AvgIpc) is 3.74. The zero-order valence-corrected chi connectivity index (χ0v) is 22.3. The van der Waals surface area contributed by atoms with Gasteiger partial charge in [-0.25, -0.2) is 9.18 Å². The van der Waals surface area contributed by atoms with Gasteiger partial charge in [-0.05, 0) is 44.4 Å². The van der Waals surface area contributed by atoms with Crippen LogP contribution in [0.4, 0.5) is 10.1 Å². The molecule has 1 N–H and O–H groups in total. The summed E-state index contributed by atoms with van der Waals surface area (Å²) in [6.45, 7) is 2.53. The number of ether oxygens (including phenoxy) is 1. The van der Waals surface area contributed by atoms with Crippen molar-refractivity contribution in [1.82, 2.24) is 9.47 Å². The van der Waals surface area contributed by atoms with E-state index >= 15 is 4.39 Å². The van der Waals surface area contributed by atoms with Gasteiger partial charge in [0.15, 0.2) is 11.6 Å². The molecule has 1 aliphatic heterocycles. The number of anilines is 1. The van der Waals surface area contributed by atoms with Crippen LogP contribution in [0.25, 0.3) is 10.9 Å². The van der Waals surface area contributed by atoms with Crippen LogP contribution in [0, 0.1) is 5.82 Å². The maximum Gasteiger partial charge on any atom is 0.341 e. The molecule has 200 valence electrons. The quantitative estimate of drug-likeness (QED) is 0.413. The van der Waals surface area contributed by atoms with Crippen molar-refractivity contribution < 1.29 is 19.0 Å². The highest BCUT2D eigenvalue weighted by atomic mass is 35.5. The molecular formula is C29H31ClFN3O4. The number of piperidine rings is 1. The number of aromatic nitrogens is 1. The van der Waals surface area contributed by atoms with Crippen molar-refractivity contribution in [2.45, 2.75) is 38.3 Å². The third kappa shape index (κ3) is 5.15. The van der Waals surface area contributed by atoms with Crippen LogP contribution in [-0.4, -0.2) is 54.3 Å². The van der Waals surface area contributed by atoms with Crippen LogP contribution in [0.5, 0.6) is 5.75 Å². The number of hydrogen-bond donors (Lipinski definition) is 1. The molecule has 0 spiro atoms. The van der Waals surface area contributed by atoms with Crippen LogP contribution < -0.4 is 15.1 Å². The number of carboxylic acid groups (broad SMARTS) is 1. The summed E-state index contributed by atoms with van der Waals surface area (Å²) in [5, 5.41) is 10.4. The fraction of sp³-hybridized carbons (Fsp3) is 0.379. The van der Waals surface area contributed by atoms with Crippen molar-refractivity contribution in [3.8, 4) is 5.75 Å². The van der Waals surface area contributed by atoms with E-state index in [0.717, 1.165) is 36.1 Å². The van der Waals surface area contributed by atoms with Crippen molar-refractivity contribution in [2.24, 2.45) is 0 Å². The molecule has 1 aliphatic carbocycles. The van der Waals surface area contributed by atoms with Gasteiger partial charge in [-0.15, -0.1) is 0 Å². The standard InChI is InChI=1S/C29H31ClFN3O4/c1-32(15-18-6-4-3-5-7-18)17-23(30)19-10-12-33(13-11-19)26-24(31)14-21-25(28(26)38-2)34(20-8-9-20)16-22(27(21)35)29(36)37/h3-7,14,16,20H,8-13,15,17H2,1-2H3,(H,36,37). The summed E-state index contributed by atoms with van der Waals surface area (Å²) in [5.74, 6) is -1.66. The van der Waals surface area contributed by atoms with E-state index in [0.29, 0.717) is 43.7 Å². The minimum atomic E-state index is -1.32. The number of halogens is 2. The van der Waals surface area contributed by atoms with E-state index in [2.05, 4.69) is 17.0 Å². The maximum atomic E-state index is 15.6. The van der Waals surface area contributed by atoms with E-state index < -0.39 is 17.2 Å². The molecule has 0 unspecified atom stereocenters. The Kier molecular flexibility index (Phi) is 7.45. The lowest BCUT2D eigenvalue weighted by Crippen LogP contribution is -2.33. The highest BCUT2D eigenvalue weighted by Crippen LogP contribution is 2.44. The first-order valence-corrected chi connectivity index (χ1v) is 13.2. The summed E-state index contributed by atoms with van der Waals surface area (Å²) in [6.07, 6.45) is 4.47. The third-order valence-electron chi connectivity index (χ3n) is 7.34. The van der Waals surface area contributed by atoms with Crippen molar-refractivity contribution in [3.63, 3.8) is 0 Å². The Labute approximate surface area is 225 Å². The smallest absolute Gasteiger partial charge is 0.341 e. The number of carbonyl (C=O) groups is 1. The molecule has 5 rings (SSSR count). The van der Waals surface area contributed by atoms with E-state index in [1.54, 1.807) is 4.57 Å². The summed E-state index contributed by atoms with van der Waals surface area (Å²) in [5.41, 5.74) is 2.06. The first-order chi connectivity index (χ1) is 18.3. The molecular weight excluding hydrogens is 509 g/mol. The van der Waals surface area contributed by atoms with Gasteiger partial charge >= 0.3 is 5.97 Å². The Morgan fingerprint density at radius 2 is 1.89 bits per heavy atom. The number of benzene rings is 2. The monoisotopic (exact) mass is 539 g/mol. The summed E-state index contributed by atoms with van der Waals surface area (Å²) in [7, 11) is 3.49. The minimum absolute atomic E-state index is 0.0250. The Hall–Kier alpha value is -3.36. The van der Waals surface area contributed by atoms with E-state index in [9.17, 15) is 14.7 Å². The van der Waals surface area contributed by atoms with Gasteiger partial charge in [-0.1, -0.05) is 47.5 Å². The molecule has 1 aromatic heterocycles. The van der Waals surface area contributed by atoms with Crippen LogP contribution in [-0.2, 0) is 6.54 Å². The van der Waals surface area contributed by atoms with Crippen LogP contribution in [0.2, 0.25) is 0 Å². The topological polar surface area (TPSA) is 75.0 Å². The van der Waals surface area contributed by atoms with Gasteiger partial charge in [-0.2, -0.15) is 0 Å². The summed E-state index contributed by atoms with van der Waals surface area (Å²) in [4.78, 5) is 28.7. The lowest BCUT2D eigenvalue weighted by Gasteiger charge is -2.33. The van der Waals surface area contributed by atoms with Gasteiger partial charge < -0.3 is 19.3 Å². The molecule has 0 amide bonds. The summed E-state index contributed by atoms with van der Waals surface area (Å²) < 4.78 is 23.1. The zero-order valence-electron chi connectivity index (χ0n) is 21.5. The first kappa shape index (κ1) is 26.3. The van der Waals surface area contributed by atoms with Crippen molar-refractivity contribution >= 4 is 34.2 Å². The Balaban J connectivity index is 1.41. The van der Waals surface area contributed by atoms with Crippen molar-refractivity contribution in [2.75, 3.05) is 38.7 Å². The van der Waals surface area contributed by atoms with Crippen molar-refractivity contribution in [1.29, 1.82) is 0 Å². The number of hydrogen-bond acceptors (Lipinski definition) is 5. The highest BCUT2D eigenvalue weighted by Gasteiger charge is 2.32. The van der Waals surface area contributed by atoms with Gasteiger partial charge in [-0.3, -0.25) is 9.69 Å². The summed E-state index contributed by atoms with van der Waals surface area (Å²) in [6, 6.07) is 11.4. The molecule has 38 heavy (non-hydrogen) atoms. The number of fused-ring (bicyclic) bond motifs is 1. The largest absolute Gasteiger partial charge is 0.492 e. The predicted molar refractivity (Wildman–Crippen MR) is 147 cm³/mol. The van der Waals surface area contributed by atoms with Crippen LogP contribution in [0.1, 0.15) is 47.6 Å². The molecule has 1 saturated carbocycles. The first-order valence-electron chi connectivity index (χ1n) is 12.8. The lowest BCUT2D eigenvalue weighted by atomic mass is 10.0. The second-order valence-electron chi connectivity index (χ2n) is 10.1. The average molecular weight is 540 g/mol. The Morgan fingerprint density at radius 3 is 2.50 bits per heavy atom. The zero-order chi connectivity index (χ0) is 27.0. The molecule has 9 heteroatoms. The number of pyridine rings is 1.